The predicted molar refractivity (Wildman–Crippen MR) is 41.8 cm³/mol. The number of nitrogens with zero attached hydrogens (tertiary/aromatic N) is 2. The molecule has 1 N–H and O–H groups in total. The van der Waals surface area contributed by atoms with E-state index < -0.39 is 11.7 Å². The summed E-state index contributed by atoms with van der Waals surface area (Å²) in [5.74, 6) is 0.354. The van der Waals surface area contributed by atoms with E-state index in [2.05, 4.69) is 10.3 Å². The largest absolute Gasteiger partial charge is 0.349 e. The molecule has 0 aliphatic carbocycles. The maximum Gasteiger partial charge on any atom is 0.349 e. The minimum atomic E-state index is -0.443. The minimum Gasteiger partial charge on any atom is -0.310 e. The topological polar surface area (TPSA) is 64.0 Å². The molecular formula is C7H7N3O2. The van der Waals surface area contributed by atoms with Gasteiger partial charge in [0.2, 0.25) is 5.91 Å². The quantitative estimate of drug-likeness (QED) is 0.576. The molecule has 2 rings (SSSR count). The lowest BCUT2D eigenvalue weighted by Crippen LogP contribution is -2.23. The van der Waals surface area contributed by atoms with E-state index in [0.717, 1.165) is 0 Å². The van der Waals surface area contributed by atoms with Gasteiger partial charge in [0.1, 0.15) is 11.9 Å². The van der Waals surface area contributed by atoms with Crippen LogP contribution in [0.1, 0.15) is 13.0 Å². The molecule has 1 aromatic rings. The fraction of sp³-hybridized carbons (Fsp3) is 0.286. The molecule has 1 atom stereocenters. The molecule has 0 radical (unpaired) electrons. The Hall–Kier alpha value is -1.65. The molecule has 2 heterocycles. The summed E-state index contributed by atoms with van der Waals surface area (Å²) in [6.07, 6.45) is 1.38. The number of hydrogen-bond acceptors (Lipinski definition) is 3. The van der Waals surface area contributed by atoms with E-state index in [4.69, 9.17) is 0 Å². The molecule has 0 saturated carbocycles. The Labute approximate surface area is 68.0 Å². The number of rotatable bonds is 0. The summed E-state index contributed by atoms with van der Waals surface area (Å²) < 4.78 is 1.34. The third-order valence-corrected chi connectivity index (χ3v) is 1.90. The number of nitrogens with one attached hydrogen (secondary N) is 1. The minimum absolute atomic E-state index is 0.167. The summed E-state index contributed by atoms with van der Waals surface area (Å²) >= 11 is 0. The van der Waals surface area contributed by atoms with Gasteiger partial charge < -0.3 is 5.32 Å². The molecule has 1 aliphatic heterocycles. The van der Waals surface area contributed by atoms with Gasteiger partial charge in [0.25, 0.3) is 0 Å². The van der Waals surface area contributed by atoms with Crippen LogP contribution in [-0.2, 0) is 4.79 Å². The van der Waals surface area contributed by atoms with Crippen LogP contribution in [-0.4, -0.2) is 15.5 Å². The molecule has 0 bridgehead atoms. The van der Waals surface area contributed by atoms with Crippen LogP contribution >= 0.6 is 0 Å². The molecule has 0 aromatic carbocycles. The number of amides is 1. The highest BCUT2D eigenvalue weighted by Crippen LogP contribution is 2.19. The molecule has 1 aromatic heterocycles. The standard InChI is InChI=1S/C7H7N3O2/c1-4-6(11)9-5-2-3-8-7(12)10(4)5/h2-4H,1H3,(H,9,11)/t4-/m1/s1. The lowest BCUT2D eigenvalue weighted by atomic mass is 10.3. The average molecular weight is 165 g/mol. The van der Waals surface area contributed by atoms with Crippen LogP contribution < -0.4 is 11.0 Å². The van der Waals surface area contributed by atoms with Crippen molar-refractivity contribution in [2.24, 2.45) is 0 Å². The SMILES string of the molecule is C[C@@H]1C(=O)Nc2ccnc(=O)n21. The molecular weight excluding hydrogens is 158 g/mol. The maximum atomic E-state index is 11.1. The first-order valence-corrected chi connectivity index (χ1v) is 3.58. The Morgan fingerprint density at radius 2 is 2.33 bits per heavy atom. The normalized spacial score (nSPS) is 20.4. The van der Waals surface area contributed by atoms with Crippen molar-refractivity contribution in [2.45, 2.75) is 13.0 Å². The number of anilines is 1. The molecule has 0 spiro atoms. The first-order chi connectivity index (χ1) is 5.70. The van der Waals surface area contributed by atoms with Gasteiger partial charge in [-0.15, -0.1) is 0 Å². The Kier molecular flexibility index (Phi) is 1.27. The van der Waals surface area contributed by atoms with Crippen molar-refractivity contribution in [3.63, 3.8) is 0 Å². The van der Waals surface area contributed by atoms with Crippen LogP contribution in [0.5, 0.6) is 0 Å². The summed E-state index contributed by atoms with van der Waals surface area (Å²) in [5.41, 5.74) is -0.390. The second-order valence-corrected chi connectivity index (χ2v) is 2.65. The van der Waals surface area contributed by atoms with Gasteiger partial charge in [-0.05, 0) is 13.0 Å². The fourth-order valence-corrected chi connectivity index (χ4v) is 1.24. The lowest BCUT2D eigenvalue weighted by Gasteiger charge is -2.01. The van der Waals surface area contributed by atoms with Crippen LogP contribution in [0.3, 0.4) is 0 Å². The van der Waals surface area contributed by atoms with Crippen LogP contribution in [0.15, 0.2) is 17.1 Å². The Balaban J connectivity index is 2.70. The molecule has 0 unspecified atom stereocenters. The second-order valence-electron chi connectivity index (χ2n) is 2.65. The molecule has 5 nitrogen and oxygen atoms in total. The van der Waals surface area contributed by atoms with Crippen molar-refractivity contribution in [1.29, 1.82) is 0 Å². The van der Waals surface area contributed by atoms with Gasteiger partial charge in [-0.1, -0.05) is 0 Å². The summed E-state index contributed by atoms with van der Waals surface area (Å²) in [7, 11) is 0. The zero-order valence-electron chi connectivity index (χ0n) is 6.44. The number of hydrogen-bond donors (Lipinski definition) is 1. The zero-order valence-corrected chi connectivity index (χ0v) is 6.44. The van der Waals surface area contributed by atoms with Crippen LogP contribution in [0.4, 0.5) is 5.82 Å². The van der Waals surface area contributed by atoms with Crippen molar-refractivity contribution < 1.29 is 4.79 Å². The van der Waals surface area contributed by atoms with Gasteiger partial charge in [-0.2, -0.15) is 0 Å². The van der Waals surface area contributed by atoms with Gasteiger partial charge >= 0.3 is 5.69 Å². The third kappa shape index (κ3) is 0.761. The monoisotopic (exact) mass is 165 g/mol. The number of carbonyl (C=O) groups excluding carboxylic acids is 1. The smallest absolute Gasteiger partial charge is 0.310 e. The summed E-state index contributed by atoms with van der Waals surface area (Å²) in [6, 6.07) is 1.16. The van der Waals surface area contributed by atoms with Crippen molar-refractivity contribution in [1.82, 2.24) is 9.55 Å². The van der Waals surface area contributed by atoms with Crippen molar-refractivity contribution in [3.05, 3.63) is 22.7 Å². The Morgan fingerprint density at radius 3 is 3.00 bits per heavy atom. The van der Waals surface area contributed by atoms with Gasteiger partial charge in [0, 0.05) is 6.20 Å². The molecule has 0 fully saturated rings. The van der Waals surface area contributed by atoms with Crippen molar-refractivity contribution in [3.8, 4) is 0 Å². The first kappa shape index (κ1) is 7.02. The summed E-state index contributed by atoms with van der Waals surface area (Å²) in [4.78, 5) is 25.8. The highest BCUT2D eigenvalue weighted by atomic mass is 16.2. The van der Waals surface area contributed by atoms with E-state index in [1.54, 1.807) is 13.0 Å². The van der Waals surface area contributed by atoms with Crippen LogP contribution in [0, 0.1) is 0 Å². The van der Waals surface area contributed by atoms with Crippen molar-refractivity contribution >= 4 is 11.7 Å². The van der Waals surface area contributed by atoms with E-state index in [1.807, 2.05) is 0 Å². The number of aromatic nitrogens is 2. The van der Waals surface area contributed by atoms with E-state index in [9.17, 15) is 9.59 Å². The zero-order chi connectivity index (χ0) is 8.72. The Bertz CT molecular complexity index is 396. The predicted octanol–water partition coefficient (Wildman–Crippen LogP) is -0.244. The highest BCUT2D eigenvalue weighted by molar-refractivity contribution is 5.96. The maximum absolute atomic E-state index is 11.1. The summed E-state index contributed by atoms with van der Waals surface area (Å²) in [5, 5.41) is 2.57. The highest BCUT2D eigenvalue weighted by Gasteiger charge is 2.26. The molecule has 1 aliphatic rings. The molecule has 62 valence electrons. The van der Waals surface area contributed by atoms with E-state index >= 15 is 0 Å². The van der Waals surface area contributed by atoms with E-state index in [1.165, 1.54) is 10.8 Å². The number of carbonyl (C=O) groups is 1. The van der Waals surface area contributed by atoms with Crippen LogP contribution in [0.25, 0.3) is 0 Å². The van der Waals surface area contributed by atoms with Crippen molar-refractivity contribution in [2.75, 3.05) is 5.32 Å². The lowest BCUT2D eigenvalue weighted by molar-refractivity contribution is -0.117. The second kappa shape index (κ2) is 2.17. The summed E-state index contributed by atoms with van der Waals surface area (Å²) in [6.45, 7) is 1.66. The van der Waals surface area contributed by atoms with Gasteiger partial charge in [0.15, 0.2) is 0 Å². The van der Waals surface area contributed by atoms with Gasteiger partial charge in [-0.3, -0.25) is 9.36 Å². The molecule has 12 heavy (non-hydrogen) atoms. The fourth-order valence-electron chi connectivity index (χ4n) is 1.24. The molecule has 5 heteroatoms. The third-order valence-electron chi connectivity index (χ3n) is 1.90. The average Bonchev–Trinajstić information content (AvgIpc) is 2.29. The van der Waals surface area contributed by atoms with Crippen LogP contribution in [0.2, 0.25) is 0 Å². The van der Waals surface area contributed by atoms with E-state index in [0.29, 0.717) is 5.82 Å². The van der Waals surface area contributed by atoms with Gasteiger partial charge in [-0.25, -0.2) is 9.78 Å². The molecule has 0 saturated heterocycles. The molecule has 1 amide bonds. The van der Waals surface area contributed by atoms with Gasteiger partial charge in [0.05, 0.1) is 0 Å². The number of fused-ring (bicyclic) bond motifs is 1. The Morgan fingerprint density at radius 1 is 1.58 bits per heavy atom. The van der Waals surface area contributed by atoms with E-state index in [-0.39, 0.29) is 5.91 Å². The first-order valence-electron chi connectivity index (χ1n) is 3.58.